The van der Waals surface area contributed by atoms with Crippen LogP contribution in [-0.4, -0.2) is 87.3 Å². The first-order valence-electron chi connectivity index (χ1n) is 13.4. The minimum Gasteiger partial charge on any atom is -0.394 e. The largest absolute Gasteiger partial charge is 0.416 e. The van der Waals surface area contributed by atoms with Crippen LogP contribution >= 0.6 is 0 Å². The summed E-state index contributed by atoms with van der Waals surface area (Å²) in [5.41, 5.74) is 1.81. The average molecular weight is 547 g/mol. The molecule has 1 aromatic heterocycles. The van der Waals surface area contributed by atoms with Crippen molar-refractivity contribution < 1.29 is 22.8 Å². The number of carbonyl (C=O) groups is 1. The minimum atomic E-state index is -4.39. The Morgan fingerprint density at radius 1 is 1.08 bits per heavy atom. The number of aryl methyl sites for hydroxylation is 2. The van der Waals surface area contributed by atoms with E-state index in [1.807, 2.05) is 25.7 Å². The van der Waals surface area contributed by atoms with Gasteiger partial charge in [-0.05, 0) is 59.6 Å². The zero-order valence-electron chi connectivity index (χ0n) is 23.3. The minimum absolute atomic E-state index is 0.0147. The average Bonchev–Trinajstić information content (AvgIpc) is 2.89. The predicted molar refractivity (Wildman–Crippen MR) is 142 cm³/mol. The van der Waals surface area contributed by atoms with Gasteiger partial charge in [-0.3, -0.25) is 9.69 Å². The molecule has 3 heterocycles. The van der Waals surface area contributed by atoms with E-state index in [9.17, 15) is 18.0 Å². The van der Waals surface area contributed by atoms with Crippen molar-refractivity contribution in [3.8, 4) is 0 Å². The van der Waals surface area contributed by atoms with E-state index in [1.165, 1.54) is 18.5 Å². The lowest BCUT2D eigenvalue weighted by molar-refractivity contribution is -0.137. The van der Waals surface area contributed by atoms with Crippen LogP contribution in [0.5, 0.6) is 0 Å². The van der Waals surface area contributed by atoms with E-state index in [1.54, 1.807) is 0 Å². The van der Waals surface area contributed by atoms with Crippen molar-refractivity contribution in [1.29, 1.82) is 0 Å². The second kappa shape index (κ2) is 11.5. The lowest BCUT2D eigenvalue weighted by Crippen LogP contribution is -2.63. The molecule has 2 aromatic rings. The van der Waals surface area contributed by atoms with Crippen molar-refractivity contribution in [3.63, 3.8) is 0 Å². The van der Waals surface area contributed by atoms with E-state index >= 15 is 0 Å². The van der Waals surface area contributed by atoms with Gasteiger partial charge in [-0.25, -0.2) is 9.97 Å². The number of hydrogen-bond acceptors (Lipinski definition) is 6. The molecule has 1 atom stereocenters. The van der Waals surface area contributed by atoms with Crippen LogP contribution in [0.1, 0.15) is 66.5 Å². The van der Waals surface area contributed by atoms with Crippen molar-refractivity contribution in [2.75, 3.05) is 39.3 Å². The first-order valence-corrected chi connectivity index (χ1v) is 13.4. The second-order valence-electron chi connectivity index (χ2n) is 10.6. The first kappa shape index (κ1) is 28.8. The smallest absolute Gasteiger partial charge is 0.394 e. The third-order valence-electron chi connectivity index (χ3n) is 7.98. The molecule has 0 N–H and O–H groups in total. The van der Waals surface area contributed by atoms with Gasteiger partial charge < -0.3 is 14.6 Å². The quantitative estimate of drug-likeness (QED) is 0.312. The molecule has 2 fully saturated rings. The molecule has 0 spiro atoms. The number of benzene rings is 1. The summed E-state index contributed by atoms with van der Waals surface area (Å²) in [6, 6.07) is 5.13. The van der Waals surface area contributed by atoms with E-state index < -0.39 is 11.7 Å². The van der Waals surface area contributed by atoms with Crippen LogP contribution in [0.25, 0.3) is 0 Å². The van der Waals surface area contributed by atoms with Crippen molar-refractivity contribution in [2.24, 2.45) is 5.16 Å². The number of nitrogens with zero attached hydrogens (tertiary/aromatic N) is 6. The highest BCUT2D eigenvalue weighted by Crippen LogP contribution is 2.33. The number of piperidine rings is 1. The molecule has 1 aromatic carbocycles. The number of carbonyl (C=O) groups excluding carboxylic acids is 1. The van der Waals surface area contributed by atoms with E-state index in [2.05, 4.69) is 38.8 Å². The number of piperazine rings is 1. The van der Waals surface area contributed by atoms with Crippen LogP contribution in [0.2, 0.25) is 0 Å². The van der Waals surface area contributed by atoms with Crippen molar-refractivity contribution in [3.05, 3.63) is 58.7 Å². The summed E-state index contributed by atoms with van der Waals surface area (Å²) in [6.45, 7) is 13.7. The topological polar surface area (TPSA) is 74.2 Å². The maximum Gasteiger partial charge on any atom is 0.416 e. The third-order valence-corrected chi connectivity index (χ3v) is 7.98. The van der Waals surface area contributed by atoms with Gasteiger partial charge in [0, 0.05) is 49.9 Å². The molecule has 11 heteroatoms. The summed E-state index contributed by atoms with van der Waals surface area (Å²) < 4.78 is 39.3. The fourth-order valence-corrected chi connectivity index (χ4v) is 5.54. The number of oxime groups is 1. The molecular weight excluding hydrogens is 509 g/mol. The molecule has 2 aliphatic rings. The van der Waals surface area contributed by atoms with Gasteiger partial charge in [0.15, 0.2) is 5.84 Å². The summed E-state index contributed by atoms with van der Waals surface area (Å²) in [5, 5.41) is 4.29. The van der Waals surface area contributed by atoms with Crippen LogP contribution in [0.3, 0.4) is 0 Å². The highest BCUT2D eigenvalue weighted by molar-refractivity contribution is 5.99. The van der Waals surface area contributed by atoms with Gasteiger partial charge in [0.05, 0.1) is 22.5 Å². The molecule has 0 radical (unpaired) electrons. The number of rotatable bonds is 5. The maximum absolute atomic E-state index is 13.2. The van der Waals surface area contributed by atoms with Crippen LogP contribution in [0.15, 0.2) is 35.7 Å². The molecule has 4 rings (SSSR count). The number of amides is 1. The van der Waals surface area contributed by atoms with E-state index in [0.717, 1.165) is 38.1 Å². The lowest BCUT2D eigenvalue weighted by Gasteiger charge is -2.52. The maximum atomic E-state index is 13.2. The van der Waals surface area contributed by atoms with Crippen molar-refractivity contribution in [2.45, 2.75) is 65.2 Å². The molecule has 2 saturated heterocycles. The SMILES string of the molecule is CCON=C(c1ccc(C(F)(F)F)cc1)N1CCN(C2(C)CCN(C(=O)c3c(C)ncnc3C)CC2)CC1C. The van der Waals surface area contributed by atoms with E-state index in [0.29, 0.717) is 54.6 Å². The number of amidine groups is 1. The molecule has 0 aliphatic carbocycles. The van der Waals surface area contributed by atoms with Gasteiger partial charge in [-0.2, -0.15) is 13.2 Å². The Hall–Kier alpha value is -3.21. The van der Waals surface area contributed by atoms with Gasteiger partial charge in [0.1, 0.15) is 12.9 Å². The number of hydrogen-bond donors (Lipinski definition) is 0. The van der Waals surface area contributed by atoms with Crippen molar-refractivity contribution >= 4 is 11.7 Å². The van der Waals surface area contributed by atoms with Gasteiger partial charge in [-0.15, -0.1) is 0 Å². The first-order chi connectivity index (χ1) is 18.4. The van der Waals surface area contributed by atoms with Crippen LogP contribution < -0.4 is 0 Å². The highest BCUT2D eigenvalue weighted by Gasteiger charge is 2.41. The zero-order valence-corrected chi connectivity index (χ0v) is 23.3. The number of alkyl halides is 3. The molecule has 1 unspecified atom stereocenters. The number of halogens is 3. The van der Waals surface area contributed by atoms with Crippen molar-refractivity contribution in [1.82, 2.24) is 24.7 Å². The molecular formula is C28H37F3N6O2. The Bertz CT molecular complexity index is 1170. The molecule has 2 aliphatic heterocycles. The van der Waals surface area contributed by atoms with Gasteiger partial charge in [0.2, 0.25) is 0 Å². The fourth-order valence-electron chi connectivity index (χ4n) is 5.54. The Morgan fingerprint density at radius 2 is 1.69 bits per heavy atom. The van der Waals surface area contributed by atoms with Gasteiger partial charge in [-0.1, -0.05) is 17.3 Å². The fraction of sp³-hybridized carbons (Fsp3) is 0.571. The van der Waals surface area contributed by atoms with Gasteiger partial charge in [0.25, 0.3) is 5.91 Å². The standard InChI is InChI=1S/C28H37F3N6O2/c1-6-39-34-25(22-7-9-23(10-8-22)28(29,30)31)37-16-15-36(17-19(37)2)27(5)11-13-35(14-12-27)26(38)24-20(3)32-18-33-21(24)4/h7-10,18-19H,6,11-17H2,1-5H3. The van der Waals surface area contributed by atoms with Gasteiger partial charge >= 0.3 is 6.18 Å². The summed E-state index contributed by atoms with van der Waals surface area (Å²) in [6.07, 6.45) is -1.22. The second-order valence-corrected chi connectivity index (χ2v) is 10.6. The Balaban J connectivity index is 1.43. The molecule has 212 valence electrons. The number of likely N-dealkylation sites (tertiary alicyclic amines) is 1. The molecule has 8 nitrogen and oxygen atoms in total. The summed E-state index contributed by atoms with van der Waals surface area (Å²) in [7, 11) is 0. The number of aromatic nitrogens is 2. The van der Waals surface area contributed by atoms with Crippen LogP contribution in [0, 0.1) is 13.8 Å². The lowest BCUT2D eigenvalue weighted by atomic mass is 9.86. The van der Waals surface area contributed by atoms with E-state index in [4.69, 9.17) is 4.84 Å². The Kier molecular flexibility index (Phi) is 8.48. The zero-order chi connectivity index (χ0) is 28.4. The summed E-state index contributed by atoms with van der Waals surface area (Å²) in [5.74, 6) is 0.526. The molecule has 0 bridgehead atoms. The predicted octanol–water partition coefficient (Wildman–Crippen LogP) is 4.51. The summed E-state index contributed by atoms with van der Waals surface area (Å²) >= 11 is 0. The van der Waals surface area contributed by atoms with E-state index in [-0.39, 0.29) is 17.5 Å². The third kappa shape index (κ3) is 6.18. The Morgan fingerprint density at radius 3 is 2.23 bits per heavy atom. The van der Waals surface area contributed by atoms with Crippen LogP contribution in [-0.2, 0) is 11.0 Å². The Labute approximate surface area is 227 Å². The summed E-state index contributed by atoms with van der Waals surface area (Å²) in [4.78, 5) is 33.5. The molecule has 0 saturated carbocycles. The van der Waals surface area contributed by atoms with Crippen LogP contribution in [0.4, 0.5) is 13.2 Å². The molecule has 39 heavy (non-hydrogen) atoms. The normalized spacial score (nSPS) is 20.7. The highest BCUT2D eigenvalue weighted by atomic mass is 19.4. The monoisotopic (exact) mass is 546 g/mol. The molecule has 1 amide bonds.